The van der Waals surface area contributed by atoms with Crippen molar-refractivity contribution in [3.8, 4) is 0 Å². The number of hydrogen-bond acceptors (Lipinski definition) is 2. The second-order valence-electron chi connectivity index (χ2n) is 5.34. The summed E-state index contributed by atoms with van der Waals surface area (Å²) in [6.45, 7) is 0. The topological polar surface area (TPSA) is 66.4 Å². The summed E-state index contributed by atoms with van der Waals surface area (Å²) in [6.07, 6.45) is 5.93. The van der Waals surface area contributed by atoms with Gasteiger partial charge in [0.1, 0.15) is 11.4 Å². The summed E-state index contributed by atoms with van der Waals surface area (Å²) in [5.41, 5.74) is -0.464. The molecular weight excluding hydrogens is 261 g/mol. The fraction of sp³-hybridized carbons (Fsp3) is 0.333. The van der Waals surface area contributed by atoms with Crippen LogP contribution in [0, 0.1) is 23.6 Å². The van der Waals surface area contributed by atoms with Gasteiger partial charge in [-0.3, -0.25) is 4.79 Å². The standard InChI is InChI=1S/C15H14FNO3/c16-11-2-1-3-12(13(11)15(19)20)17-14(18)10-7-8-4-5-9(10)6-8/h1-5,8-10H,6-7H2,(H,17,18)(H,19,20). The zero-order chi connectivity index (χ0) is 14.3. The Bertz CT molecular complexity index is 611. The third kappa shape index (κ3) is 2.09. The van der Waals surface area contributed by atoms with Gasteiger partial charge in [0.2, 0.25) is 5.91 Å². The van der Waals surface area contributed by atoms with Crippen LogP contribution < -0.4 is 5.32 Å². The summed E-state index contributed by atoms with van der Waals surface area (Å²) in [5, 5.41) is 11.6. The van der Waals surface area contributed by atoms with E-state index in [1.54, 1.807) is 0 Å². The van der Waals surface area contributed by atoms with Crippen molar-refractivity contribution in [2.45, 2.75) is 12.8 Å². The van der Waals surface area contributed by atoms with Crippen molar-refractivity contribution in [1.29, 1.82) is 0 Å². The first-order valence-corrected chi connectivity index (χ1v) is 6.57. The average Bonchev–Trinajstić information content (AvgIpc) is 3.00. The molecule has 0 radical (unpaired) electrons. The summed E-state index contributed by atoms with van der Waals surface area (Å²) in [6, 6.07) is 3.87. The van der Waals surface area contributed by atoms with Gasteiger partial charge in [-0.1, -0.05) is 18.2 Å². The van der Waals surface area contributed by atoms with Gasteiger partial charge in [-0.25, -0.2) is 9.18 Å². The molecule has 0 spiro atoms. The minimum atomic E-state index is -1.38. The van der Waals surface area contributed by atoms with Crippen LogP contribution >= 0.6 is 0 Å². The monoisotopic (exact) mass is 275 g/mol. The number of allylic oxidation sites excluding steroid dienone is 2. The van der Waals surface area contributed by atoms with Gasteiger partial charge in [0.05, 0.1) is 5.69 Å². The van der Waals surface area contributed by atoms with Gasteiger partial charge in [0, 0.05) is 5.92 Å². The number of fused-ring (bicyclic) bond motifs is 2. The van der Waals surface area contributed by atoms with Crippen molar-refractivity contribution in [2.24, 2.45) is 17.8 Å². The molecule has 20 heavy (non-hydrogen) atoms. The molecule has 2 N–H and O–H groups in total. The first-order chi connectivity index (χ1) is 9.56. The minimum Gasteiger partial charge on any atom is -0.478 e. The summed E-state index contributed by atoms with van der Waals surface area (Å²) >= 11 is 0. The predicted molar refractivity (Wildman–Crippen MR) is 70.8 cm³/mol. The van der Waals surface area contributed by atoms with Crippen LogP contribution in [0.15, 0.2) is 30.4 Å². The van der Waals surface area contributed by atoms with E-state index in [4.69, 9.17) is 5.11 Å². The van der Waals surface area contributed by atoms with E-state index in [2.05, 4.69) is 11.4 Å². The second-order valence-corrected chi connectivity index (χ2v) is 5.34. The van der Waals surface area contributed by atoms with Crippen LogP contribution in [-0.2, 0) is 4.79 Å². The molecule has 2 bridgehead atoms. The highest BCUT2D eigenvalue weighted by Gasteiger charge is 2.40. The van der Waals surface area contributed by atoms with E-state index in [0.29, 0.717) is 5.92 Å². The Morgan fingerprint density at radius 1 is 1.25 bits per heavy atom. The van der Waals surface area contributed by atoms with Crippen molar-refractivity contribution in [2.75, 3.05) is 5.32 Å². The van der Waals surface area contributed by atoms with Crippen LogP contribution in [0.25, 0.3) is 0 Å². The predicted octanol–water partition coefficient (Wildman–Crippen LogP) is 2.67. The summed E-state index contributed by atoms with van der Waals surface area (Å²) < 4.78 is 13.5. The van der Waals surface area contributed by atoms with Crippen molar-refractivity contribution in [3.05, 3.63) is 41.7 Å². The molecule has 1 aromatic carbocycles. The van der Waals surface area contributed by atoms with E-state index in [-0.39, 0.29) is 23.4 Å². The molecule has 1 saturated carbocycles. The lowest BCUT2D eigenvalue weighted by molar-refractivity contribution is -0.120. The number of carbonyl (C=O) groups is 2. The first-order valence-electron chi connectivity index (χ1n) is 6.57. The molecule has 0 aliphatic heterocycles. The normalized spacial score (nSPS) is 26.8. The van der Waals surface area contributed by atoms with E-state index in [9.17, 15) is 14.0 Å². The van der Waals surface area contributed by atoms with E-state index >= 15 is 0 Å². The van der Waals surface area contributed by atoms with Gasteiger partial charge in [0.25, 0.3) is 0 Å². The van der Waals surface area contributed by atoms with Gasteiger partial charge < -0.3 is 10.4 Å². The highest BCUT2D eigenvalue weighted by molar-refractivity contribution is 6.01. The number of amides is 1. The number of carboxylic acid groups (broad SMARTS) is 1. The number of nitrogens with one attached hydrogen (secondary N) is 1. The van der Waals surface area contributed by atoms with Gasteiger partial charge in [-0.2, -0.15) is 0 Å². The number of halogens is 1. The van der Waals surface area contributed by atoms with Gasteiger partial charge in [-0.05, 0) is 36.8 Å². The molecule has 2 aliphatic rings. The molecular formula is C15H14FNO3. The minimum absolute atomic E-state index is 0.0225. The Balaban J connectivity index is 1.81. The van der Waals surface area contributed by atoms with Crippen LogP contribution in [0.5, 0.6) is 0 Å². The number of anilines is 1. The Labute approximate surface area is 115 Å². The van der Waals surface area contributed by atoms with Crippen LogP contribution in [0.4, 0.5) is 10.1 Å². The molecule has 0 heterocycles. The lowest BCUT2D eigenvalue weighted by Gasteiger charge is -2.18. The number of carboxylic acids is 1. The van der Waals surface area contributed by atoms with Crippen LogP contribution in [0.3, 0.4) is 0 Å². The highest BCUT2D eigenvalue weighted by Crippen LogP contribution is 2.43. The lowest BCUT2D eigenvalue weighted by atomic mass is 9.92. The zero-order valence-corrected chi connectivity index (χ0v) is 10.7. The Morgan fingerprint density at radius 2 is 2.05 bits per heavy atom. The quantitative estimate of drug-likeness (QED) is 0.833. The van der Waals surface area contributed by atoms with E-state index in [1.807, 2.05) is 6.08 Å². The smallest absolute Gasteiger partial charge is 0.340 e. The van der Waals surface area contributed by atoms with E-state index < -0.39 is 17.3 Å². The number of carbonyl (C=O) groups excluding carboxylic acids is 1. The molecule has 0 aromatic heterocycles. The second kappa shape index (κ2) is 4.74. The fourth-order valence-corrected chi connectivity index (χ4v) is 3.15. The lowest BCUT2D eigenvalue weighted by Crippen LogP contribution is -2.27. The maximum atomic E-state index is 13.5. The molecule has 104 valence electrons. The van der Waals surface area contributed by atoms with Crippen LogP contribution in [0.2, 0.25) is 0 Å². The maximum Gasteiger partial charge on any atom is 0.340 e. The largest absolute Gasteiger partial charge is 0.478 e. The van der Waals surface area contributed by atoms with Crippen LogP contribution in [0.1, 0.15) is 23.2 Å². The number of hydrogen-bond donors (Lipinski definition) is 2. The van der Waals surface area contributed by atoms with Gasteiger partial charge >= 0.3 is 5.97 Å². The molecule has 4 nitrogen and oxygen atoms in total. The average molecular weight is 275 g/mol. The molecule has 3 unspecified atom stereocenters. The Hall–Kier alpha value is -2.17. The molecule has 3 rings (SSSR count). The summed E-state index contributed by atoms with van der Waals surface area (Å²) in [4.78, 5) is 23.3. The van der Waals surface area contributed by atoms with E-state index in [1.165, 1.54) is 12.1 Å². The van der Waals surface area contributed by atoms with E-state index in [0.717, 1.165) is 18.9 Å². The molecule has 5 heteroatoms. The van der Waals surface area contributed by atoms with Crippen molar-refractivity contribution < 1.29 is 19.1 Å². The SMILES string of the molecule is O=C(O)c1c(F)cccc1NC(=O)C1CC2C=CC1C2. The van der Waals surface area contributed by atoms with Crippen LogP contribution in [-0.4, -0.2) is 17.0 Å². The Morgan fingerprint density at radius 3 is 2.65 bits per heavy atom. The third-order valence-electron chi connectivity index (χ3n) is 4.10. The molecule has 1 amide bonds. The summed E-state index contributed by atoms with van der Waals surface area (Å²) in [7, 11) is 0. The number of rotatable bonds is 3. The zero-order valence-electron chi connectivity index (χ0n) is 10.7. The third-order valence-corrected chi connectivity index (χ3v) is 4.10. The highest BCUT2D eigenvalue weighted by atomic mass is 19.1. The summed E-state index contributed by atoms with van der Waals surface area (Å²) in [5.74, 6) is -1.93. The first kappa shape index (κ1) is 12.8. The fourth-order valence-electron chi connectivity index (χ4n) is 3.15. The van der Waals surface area contributed by atoms with Crippen molar-refractivity contribution in [3.63, 3.8) is 0 Å². The molecule has 1 aromatic rings. The number of aromatic carboxylic acids is 1. The molecule has 3 atom stereocenters. The van der Waals surface area contributed by atoms with Gasteiger partial charge in [-0.15, -0.1) is 0 Å². The molecule has 1 fully saturated rings. The van der Waals surface area contributed by atoms with Crippen molar-refractivity contribution >= 4 is 17.6 Å². The Kier molecular flexibility index (Phi) is 3.04. The van der Waals surface area contributed by atoms with Crippen molar-refractivity contribution in [1.82, 2.24) is 0 Å². The molecule has 0 saturated heterocycles. The maximum absolute atomic E-state index is 13.5. The molecule has 2 aliphatic carbocycles. The van der Waals surface area contributed by atoms with Gasteiger partial charge in [0.15, 0.2) is 0 Å². The number of benzene rings is 1.